The van der Waals surface area contributed by atoms with Crippen LogP contribution in [0.2, 0.25) is 0 Å². The lowest BCUT2D eigenvalue weighted by atomic mass is 10.1. The first-order valence-corrected chi connectivity index (χ1v) is 6.38. The summed E-state index contributed by atoms with van der Waals surface area (Å²) in [7, 11) is 0. The van der Waals surface area contributed by atoms with Crippen molar-refractivity contribution in [3.05, 3.63) is 53.9 Å². The van der Waals surface area contributed by atoms with Gasteiger partial charge >= 0.3 is 0 Å². The Balaban J connectivity index is 1.93. The Kier molecular flexibility index (Phi) is 4.42. The summed E-state index contributed by atoms with van der Waals surface area (Å²) in [4.78, 5) is 3.16. The molecule has 0 amide bonds. The van der Waals surface area contributed by atoms with Crippen molar-refractivity contribution in [2.75, 3.05) is 6.54 Å². The van der Waals surface area contributed by atoms with Crippen LogP contribution in [-0.2, 0) is 6.42 Å². The number of aromatic amines is 1. The minimum atomic E-state index is 0.0369. The molecule has 3 N–H and O–H groups in total. The third-order valence-electron chi connectivity index (χ3n) is 2.97. The molecule has 18 heavy (non-hydrogen) atoms. The van der Waals surface area contributed by atoms with E-state index in [2.05, 4.69) is 17.1 Å². The maximum atomic E-state index is 5.86. The van der Waals surface area contributed by atoms with Crippen molar-refractivity contribution < 1.29 is 4.74 Å². The number of aromatic nitrogens is 1. The molecule has 96 valence electrons. The Morgan fingerprint density at radius 1 is 1.22 bits per heavy atom. The summed E-state index contributed by atoms with van der Waals surface area (Å²) >= 11 is 0. The van der Waals surface area contributed by atoms with E-state index in [4.69, 9.17) is 10.5 Å². The average molecular weight is 244 g/mol. The van der Waals surface area contributed by atoms with Crippen LogP contribution >= 0.6 is 0 Å². The molecule has 3 nitrogen and oxygen atoms in total. The van der Waals surface area contributed by atoms with Gasteiger partial charge in [0, 0.05) is 6.20 Å². The smallest absolute Gasteiger partial charge is 0.136 e. The third kappa shape index (κ3) is 3.37. The Labute approximate surface area is 108 Å². The van der Waals surface area contributed by atoms with Gasteiger partial charge in [-0.2, -0.15) is 0 Å². The highest BCUT2D eigenvalue weighted by molar-refractivity contribution is 5.28. The molecule has 1 heterocycles. The molecule has 0 saturated heterocycles. The molecule has 1 unspecified atom stereocenters. The lowest BCUT2D eigenvalue weighted by molar-refractivity contribution is 0.222. The molecule has 0 aliphatic rings. The zero-order chi connectivity index (χ0) is 12.8. The average Bonchev–Trinajstić information content (AvgIpc) is 2.92. The number of ether oxygens (including phenoxy) is 1. The van der Waals surface area contributed by atoms with Crippen LogP contribution in [0.15, 0.2) is 42.6 Å². The first-order chi connectivity index (χ1) is 8.79. The summed E-state index contributed by atoms with van der Waals surface area (Å²) < 4.78 is 5.86. The van der Waals surface area contributed by atoms with Crippen LogP contribution in [0.5, 0.6) is 5.75 Å². The number of aryl methyl sites for hydroxylation is 1. The summed E-state index contributed by atoms with van der Waals surface area (Å²) in [5.41, 5.74) is 7.89. The monoisotopic (exact) mass is 244 g/mol. The standard InChI is InChI=1S/C15H20N2O/c1-12(15-5-3-11-17-15)18-14-8-6-13(7-9-14)4-2-10-16/h3,5-9,11-12,17H,2,4,10,16H2,1H3. The Morgan fingerprint density at radius 3 is 2.61 bits per heavy atom. The zero-order valence-corrected chi connectivity index (χ0v) is 10.7. The van der Waals surface area contributed by atoms with Gasteiger partial charge in [-0.3, -0.25) is 0 Å². The molecule has 0 spiro atoms. The molecule has 3 heteroatoms. The van der Waals surface area contributed by atoms with E-state index >= 15 is 0 Å². The fraction of sp³-hybridized carbons (Fsp3) is 0.333. The number of benzene rings is 1. The van der Waals surface area contributed by atoms with E-state index in [0.717, 1.165) is 30.8 Å². The van der Waals surface area contributed by atoms with Gasteiger partial charge in [0.15, 0.2) is 0 Å². The second kappa shape index (κ2) is 6.26. The molecule has 2 aromatic rings. The van der Waals surface area contributed by atoms with Crippen molar-refractivity contribution in [2.45, 2.75) is 25.9 Å². The highest BCUT2D eigenvalue weighted by Crippen LogP contribution is 2.21. The van der Waals surface area contributed by atoms with Gasteiger partial charge in [0.2, 0.25) is 0 Å². The Bertz CT molecular complexity index is 448. The first kappa shape index (κ1) is 12.7. The molecule has 0 radical (unpaired) electrons. The van der Waals surface area contributed by atoms with Crippen LogP contribution in [0, 0.1) is 0 Å². The number of hydrogen-bond acceptors (Lipinski definition) is 2. The van der Waals surface area contributed by atoms with Crippen molar-refractivity contribution in [2.24, 2.45) is 5.73 Å². The summed E-state index contributed by atoms with van der Waals surface area (Å²) in [5, 5.41) is 0. The molecule has 1 atom stereocenters. The van der Waals surface area contributed by atoms with Crippen LogP contribution in [0.3, 0.4) is 0 Å². The number of hydrogen-bond donors (Lipinski definition) is 2. The van der Waals surface area contributed by atoms with Crippen molar-refractivity contribution in [3.63, 3.8) is 0 Å². The van der Waals surface area contributed by atoms with Crippen LogP contribution in [0.4, 0.5) is 0 Å². The zero-order valence-electron chi connectivity index (χ0n) is 10.7. The summed E-state index contributed by atoms with van der Waals surface area (Å²) in [5.74, 6) is 0.897. The molecule has 0 bridgehead atoms. The topological polar surface area (TPSA) is 51.0 Å². The second-order valence-electron chi connectivity index (χ2n) is 4.42. The molecule has 2 rings (SSSR count). The van der Waals surface area contributed by atoms with Crippen LogP contribution in [0.1, 0.15) is 30.7 Å². The molecule has 1 aromatic carbocycles. The van der Waals surface area contributed by atoms with Gasteiger partial charge < -0.3 is 15.5 Å². The van der Waals surface area contributed by atoms with Gasteiger partial charge in [-0.1, -0.05) is 12.1 Å². The molecule has 0 aliphatic heterocycles. The number of rotatable bonds is 6. The fourth-order valence-electron chi connectivity index (χ4n) is 1.91. The van der Waals surface area contributed by atoms with Gasteiger partial charge in [-0.25, -0.2) is 0 Å². The highest BCUT2D eigenvalue weighted by Gasteiger charge is 2.07. The van der Waals surface area contributed by atoms with Crippen molar-refractivity contribution in [1.29, 1.82) is 0 Å². The van der Waals surface area contributed by atoms with Gasteiger partial charge in [-0.15, -0.1) is 0 Å². The van der Waals surface area contributed by atoms with E-state index in [0.29, 0.717) is 0 Å². The first-order valence-electron chi connectivity index (χ1n) is 6.38. The quantitative estimate of drug-likeness (QED) is 0.820. The van der Waals surface area contributed by atoms with E-state index in [-0.39, 0.29) is 6.10 Å². The molecular formula is C15H20N2O. The predicted molar refractivity (Wildman–Crippen MR) is 73.7 cm³/mol. The lowest BCUT2D eigenvalue weighted by Gasteiger charge is -2.13. The molecular weight excluding hydrogens is 224 g/mol. The van der Waals surface area contributed by atoms with E-state index in [9.17, 15) is 0 Å². The third-order valence-corrected chi connectivity index (χ3v) is 2.97. The van der Waals surface area contributed by atoms with Gasteiger partial charge in [0.1, 0.15) is 11.9 Å². The van der Waals surface area contributed by atoms with Crippen molar-refractivity contribution in [3.8, 4) is 5.75 Å². The summed E-state index contributed by atoms with van der Waals surface area (Å²) in [6.45, 7) is 2.77. The van der Waals surface area contributed by atoms with E-state index in [1.807, 2.05) is 37.4 Å². The Hall–Kier alpha value is -1.74. The van der Waals surface area contributed by atoms with Gasteiger partial charge in [0.25, 0.3) is 0 Å². The van der Waals surface area contributed by atoms with Crippen molar-refractivity contribution >= 4 is 0 Å². The molecule has 1 aromatic heterocycles. The van der Waals surface area contributed by atoms with Crippen LogP contribution in [0.25, 0.3) is 0 Å². The fourth-order valence-corrected chi connectivity index (χ4v) is 1.91. The summed E-state index contributed by atoms with van der Waals surface area (Å²) in [6.07, 6.45) is 4.00. The van der Waals surface area contributed by atoms with Crippen molar-refractivity contribution in [1.82, 2.24) is 4.98 Å². The van der Waals surface area contributed by atoms with E-state index in [1.54, 1.807) is 0 Å². The highest BCUT2D eigenvalue weighted by atomic mass is 16.5. The molecule has 0 aliphatic carbocycles. The Morgan fingerprint density at radius 2 is 2.00 bits per heavy atom. The predicted octanol–water partition coefficient (Wildman–Crippen LogP) is 3.05. The van der Waals surface area contributed by atoms with E-state index < -0.39 is 0 Å². The van der Waals surface area contributed by atoms with Gasteiger partial charge in [0.05, 0.1) is 5.69 Å². The minimum absolute atomic E-state index is 0.0369. The molecule has 0 fully saturated rings. The molecule has 0 saturated carbocycles. The second-order valence-corrected chi connectivity index (χ2v) is 4.42. The van der Waals surface area contributed by atoms with Gasteiger partial charge in [-0.05, 0) is 56.1 Å². The number of nitrogens with one attached hydrogen (secondary N) is 1. The maximum Gasteiger partial charge on any atom is 0.136 e. The largest absolute Gasteiger partial charge is 0.485 e. The number of nitrogens with two attached hydrogens (primary N) is 1. The maximum absolute atomic E-state index is 5.86. The SMILES string of the molecule is CC(Oc1ccc(CCCN)cc1)c1ccc[nH]1. The number of H-pyrrole nitrogens is 1. The lowest BCUT2D eigenvalue weighted by Crippen LogP contribution is -2.03. The van der Waals surface area contributed by atoms with E-state index in [1.165, 1.54) is 5.56 Å². The summed E-state index contributed by atoms with van der Waals surface area (Å²) in [6, 6.07) is 12.3. The van der Waals surface area contributed by atoms with Crippen LogP contribution in [-0.4, -0.2) is 11.5 Å². The normalized spacial score (nSPS) is 12.3. The minimum Gasteiger partial charge on any atom is -0.485 e. The van der Waals surface area contributed by atoms with Crippen LogP contribution < -0.4 is 10.5 Å².